The van der Waals surface area contributed by atoms with E-state index in [1.807, 2.05) is 0 Å². The quantitative estimate of drug-likeness (QED) is 0.673. The Morgan fingerprint density at radius 2 is 1.20 bits per heavy atom. The van der Waals surface area contributed by atoms with Crippen LogP contribution in [-0.2, 0) is 9.47 Å². The summed E-state index contributed by atoms with van der Waals surface area (Å²) in [5.41, 5.74) is 0. The average molecular weight is 284 g/mol. The summed E-state index contributed by atoms with van der Waals surface area (Å²) in [4.78, 5) is 26.4. The standard InChI is InChI=1S/C14H24N2O4/c17-13-15(9-5-11-19-13)7-3-1-2-4-8-16-10-6-12-20-14(16)18/h1-12H2. The van der Waals surface area contributed by atoms with Gasteiger partial charge in [-0.25, -0.2) is 9.59 Å². The molecule has 20 heavy (non-hydrogen) atoms. The van der Waals surface area contributed by atoms with E-state index in [2.05, 4.69) is 0 Å². The Morgan fingerprint density at radius 3 is 1.60 bits per heavy atom. The van der Waals surface area contributed by atoms with Gasteiger partial charge in [-0.3, -0.25) is 0 Å². The molecule has 0 radical (unpaired) electrons. The first kappa shape index (κ1) is 14.9. The van der Waals surface area contributed by atoms with Crippen LogP contribution < -0.4 is 0 Å². The van der Waals surface area contributed by atoms with E-state index in [1.165, 1.54) is 0 Å². The third-order valence-corrected chi connectivity index (χ3v) is 3.72. The summed E-state index contributed by atoms with van der Waals surface area (Å²) >= 11 is 0. The zero-order chi connectivity index (χ0) is 14.2. The van der Waals surface area contributed by atoms with Gasteiger partial charge in [-0.2, -0.15) is 0 Å². The van der Waals surface area contributed by atoms with Crippen LogP contribution in [0.25, 0.3) is 0 Å². The number of nitrogens with zero attached hydrogens (tertiary/aromatic N) is 2. The maximum Gasteiger partial charge on any atom is 0.409 e. The van der Waals surface area contributed by atoms with Crippen LogP contribution in [0.2, 0.25) is 0 Å². The van der Waals surface area contributed by atoms with Crippen molar-refractivity contribution in [2.75, 3.05) is 39.4 Å². The number of unbranched alkanes of at least 4 members (excludes halogenated alkanes) is 3. The van der Waals surface area contributed by atoms with E-state index in [-0.39, 0.29) is 12.2 Å². The first-order chi connectivity index (χ1) is 9.77. The molecule has 2 aliphatic rings. The number of ether oxygens (including phenoxy) is 2. The van der Waals surface area contributed by atoms with Gasteiger partial charge in [0.1, 0.15) is 0 Å². The zero-order valence-electron chi connectivity index (χ0n) is 12.0. The van der Waals surface area contributed by atoms with Crippen molar-refractivity contribution >= 4 is 12.2 Å². The number of cyclic esters (lactones) is 2. The van der Waals surface area contributed by atoms with Crippen molar-refractivity contribution in [2.45, 2.75) is 38.5 Å². The summed E-state index contributed by atoms with van der Waals surface area (Å²) < 4.78 is 9.98. The minimum absolute atomic E-state index is 0.174. The Bertz CT molecular complexity index is 303. The second-order valence-electron chi connectivity index (χ2n) is 5.32. The Kier molecular flexibility index (Phi) is 5.95. The van der Waals surface area contributed by atoms with E-state index in [9.17, 15) is 9.59 Å². The second-order valence-corrected chi connectivity index (χ2v) is 5.32. The van der Waals surface area contributed by atoms with Crippen LogP contribution in [0.5, 0.6) is 0 Å². The lowest BCUT2D eigenvalue weighted by Gasteiger charge is -2.27. The zero-order valence-corrected chi connectivity index (χ0v) is 12.0. The molecule has 0 bridgehead atoms. The van der Waals surface area contributed by atoms with Gasteiger partial charge in [0.25, 0.3) is 0 Å². The summed E-state index contributed by atoms with van der Waals surface area (Å²) in [7, 11) is 0. The van der Waals surface area contributed by atoms with Gasteiger partial charge in [0.15, 0.2) is 0 Å². The number of carbonyl (C=O) groups is 2. The van der Waals surface area contributed by atoms with Crippen molar-refractivity contribution in [3.63, 3.8) is 0 Å². The Hall–Kier alpha value is -1.46. The van der Waals surface area contributed by atoms with Gasteiger partial charge in [0.2, 0.25) is 0 Å². The molecule has 2 amide bonds. The molecule has 2 rings (SSSR count). The van der Waals surface area contributed by atoms with Crippen LogP contribution in [0.4, 0.5) is 9.59 Å². The largest absolute Gasteiger partial charge is 0.449 e. The Labute approximate surface area is 120 Å². The van der Waals surface area contributed by atoms with Crippen LogP contribution in [0.3, 0.4) is 0 Å². The average Bonchev–Trinajstić information content (AvgIpc) is 2.46. The molecule has 0 N–H and O–H groups in total. The van der Waals surface area contributed by atoms with Crippen molar-refractivity contribution in [1.29, 1.82) is 0 Å². The highest BCUT2D eigenvalue weighted by Crippen LogP contribution is 2.10. The molecular weight excluding hydrogens is 260 g/mol. The minimum Gasteiger partial charge on any atom is -0.449 e. The van der Waals surface area contributed by atoms with Crippen molar-refractivity contribution < 1.29 is 19.1 Å². The first-order valence-corrected chi connectivity index (χ1v) is 7.61. The van der Waals surface area contributed by atoms with Crippen molar-refractivity contribution in [3.8, 4) is 0 Å². The van der Waals surface area contributed by atoms with Gasteiger partial charge >= 0.3 is 12.2 Å². The van der Waals surface area contributed by atoms with Gasteiger partial charge < -0.3 is 19.3 Å². The predicted molar refractivity (Wildman–Crippen MR) is 73.5 cm³/mol. The smallest absolute Gasteiger partial charge is 0.409 e. The molecule has 2 fully saturated rings. The van der Waals surface area contributed by atoms with Crippen molar-refractivity contribution in [3.05, 3.63) is 0 Å². The van der Waals surface area contributed by atoms with Gasteiger partial charge in [-0.1, -0.05) is 12.8 Å². The van der Waals surface area contributed by atoms with E-state index in [0.717, 1.165) is 64.7 Å². The Balaban J connectivity index is 1.49. The summed E-state index contributed by atoms with van der Waals surface area (Å²) in [5, 5.41) is 0. The molecule has 0 aromatic rings. The topological polar surface area (TPSA) is 59.1 Å². The number of carbonyl (C=O) groups excluding carboxylic acids is 2. The predicted octanol–water partition coefficient (Wildman–Crippen LogP) is 2.23. The molecule has 0 spiro atoms. The van der Waals surface area contributed by atoms with Gasteiger partial charge in [0, 0.05) is 26.2 Å². The van der Waals surface area contributed by atoms with Gasteiger partial charge in [-0.15, -0.1) is 0 Å². The summed E-state index contributed by atoms with van der Waals surface area (Å²) in [6, 6.07) is 0. The molecule has 0 aliphatic carbocycles. The van der Waals surface area contributed by atoms with E-state index in [0.29, 0.717) is 13.2 Å². The third kappa shape index (κ3) is 4.58. The molecule has 0 aromatic carbocycles. The maximum absolute atomic E-state index is 11.4. The van der Waals surface area contributed by atoms with E-state index >= 15 is 0 Å². The number of hydrogen-bond donors (Lipinski definition) is 0. The molecule has 0 atom stereocenters. The molecule has 2 aliphatic heterocycles. The number of rotatable bonds is 7. The minimum atomic E-state index is -0.174. The van der Waals surface area contributed by atoms with E-state index in [4.69, 9.17) is 9.47 Å². The van der Waals surface area contributed by atoms with Gasteiger partial charge in [0.05, 0.1) is 13.2 Å². The van der Waals surface area contributed by atoms with Crippen molar-refractivity contribution in [1.82, 2.24) is 9.80 Å². The maximum atomic E-state index is 11.4. The van der Waals surface area contributed by atoms with Crippen LogP contribution in [0.1, 0.15) is 38.5 Å². The van der Waals surface area contributed by atoms with E-state index < -0.39 is 0 Å². The summed E-state index contributed by atoms with van der Waals surface area (Å²) in [6.45, 7) is 4.31. The molecule has 6 heteroatoms. The monoisotopic (exact) mass is 284 g/mol. The SMILES string of the molecule is O=C1OCCCN1CCCCCCN1CCCOC1=O. The van der Waals surface area contributed by atoms with Crippen molar-refractivity contribution in [2.24, 2.45) is 0 Å². The fraction of sp³-hybridized carbons (Fsp3) is 0.857. The van der Waals surface area contributed by atoms with Crippen LogP contribution >= 0.6 is 0 Å². The lowest BCUT2D eigenvalue weighted by atomic mass is 10.1. The van der Waals surface area contributed by atoms with Crippen LogP contribution in [-0.4, -0.2) is 61.4 Å². The lowest BCUT2D eigenvalue weighted by Crippen LogP contribution is -2.38. The number of amides is 2. The first-order valence-electron chi connectivity index (χ1n) is 7.61. The molecule has 0 unspecified atom stereocenters. The van der Waals surface area contributed by atoms with Crippen LogP contribution in [0.15, 0.2) is 0 Å². The molecule has 114 valence electrons. The fourth-order valence-corrected chi connectivity index (χ4v) is 2.56. The van der Waals surface area contributed by atoms with E-state index in [1.54, 1.807) is 9.80 Å². The second kappa shape index (κ2) is 7.97. The molecule has 0 aromatic heterocycles. The normalized spacial score (nSPS) is 19.8. The molecule has 2 saturated heterocycles. The highest BCUT2D eigenvalue weighted by atomic mass is 16.6. The molecule has 0 saturated carbocycles. The highest BCUT2D eigenvalue weighted by Gasteiger charge is 2.19. The highest BCUT2D eigenvalue weighted by molar-refractivity contribution is 5.68. The Morgan fingerprint density at radius 1 is 0.750 bits per heavy atom. The fourth-order valence-electron chi connectivity index (χ4n) is 2.56. The third-order valence-electron chi connectivity index (χ3n) is 3.72. The molecule has 2 heterocycles. The summed E-state index contributed by atoms with van der Waals surface area (Å²) in [6.07, 6.45) is 5.67. The van der Waals surface area contributed by atoms with Gasteiger partial charge in [-0.05, 0) is 25.7 Å². The molecule has 6 nitrogen and oxygen atoms in total. The van der Waals surface area contributed by atoms with Crippen LogP contribution in [0, 0.1) is 0 Å². The summed E-state index contributed by atoms with van der Waals surface area (Å²) in [5.74, 6) is 0. The molecular formula is C14H24N2O4. The number of hydrogen-bond acceptors (Lipinski definition) is 4. The lowest BCUT2D eigenvalue weighted by molar-refractivity contribution is 0.0701.